The molecule has 2 N–H and O–H groups in total. The molecule has 0 amide bonds. The van der Waals surface area contributed by atoms with Crippen LogP contribution in [0.5, 0.6) is 11.5 Å². The standard InChI is InChI=1S/C20H28N4O2/c1-5-8-17-13-16(14-18(25-3)19(17)26-4)15-23-20(21-2)22-9-12-24-10-6-7-11-24/h5-7,10-11,13-14H,1,8-9,12,15H2,2-4H3,(H2,21,22,23). The van der Waals surface area contributed by atoms with Gasteiger partial charge in [0.15, 0.2) is 17.5 Å². The summed E-state index contributed by atoms with van der Waals surface area (Å²) in [5.41, 5.74) is 2.14. The van der Waals surface area contributed by atoms with E-state index in [-0.39, 0.29) is 0 Å². The van der Waals surface area contributed by atoms with E-state index < -0.39 is 0 Å². The minimum Gasteiger partial charge on any atom is -0.493 e. The molecule has 0 aliphatic rings. The van der Waals surface area contributed by atoms with Gasteiger partial charge in [0.05, 0.1) is 14.2 Å². The number of hydrogen-bond donors (Lipinski definition) is 2. The van der Waals surface area contributed by atoms with Gasteiger partial charge in [0.2, 0.25) is 0 Å². The predicted octanol–water partition coefficient (Wildman–Crippen LogP) is 2.60. The lowest BCUT2D eigenvalue weighted by molar-refractivity contribution is 0.352. The number of ether oxygens (including phenoxy) is 2. The fourth-order valence-electron chi connectivity index (χ4n) is 2.74. The van der Waals surface area contributed by atoms with Gasteiger partial charge >= 0.3 is 0 Å². The number of methoxy groups -OCH3 is 2. The molecule has 0 bridgehead atoms. The minimum atomic E-state index is 0.633. The molecule has 1 aromatic carbocycles. The van der Waals surface area contributed by atoms with E-state index in [4.69, 9.17) is 9.47 Å². The molecule has 0 aliphatic carbocycles. The number of nitrogens with one attached hydrogen (secondary N) is 2. The van der Waals surface area contributed by atoms with Crippen LogP contribution in [0.25, 0.3) is 0 Å². The summed E-state index contributed by atoms with van der Waals surface area (Å²) >= 11 is 0. The lowest BCUT2D eigenvalue weighted by Crippen LogP contribution is -2.38. The number of aromatic nitrogens is 1. The number of nitrogens with zero attached hydrogens (tertiary/aromatic N) is 2. The predicted molar refractivity (Wildman–Crippen MR) is 106 cm³/mol. The van der Waals surface area contributed by atoms with E-state index in [9.17, 15) is 0 Å². The van der Waals surface area contributed by atoms with Crippen molar-refractivity contribution in [1.82, 2.24) is 15.2 Å². The Morgan fingerprint density at radius 1 is 1.19 bits per heavy atom. The Labute approximate surface area is 155 Å². The third-order valence-electron chi connectivity index (χ3n) is 3.99. The van der Waals surface area contributed by atoms with Crippen molar-refractivity contribution in [2.24, 2.45) is 4.99 Å². The van der Waals surface area contributed by atoms with Crippen molar-refractivity contribution in [2.75, 3.05) is 27.8 Å². The summed E-state index contributed by atoms with van der Waals surface area (Å²) < 4.78 is 13.1. The Hall–Kier alpha value is -2.89. The fraction of sp³-hybridized carbons (Fsp3) is 0.350. The Balaban J connectivity index is 1.97. The molecule has 26 heavy (non-hydrogen) atoms. The maximum absolute atomic E-state index is 5.48. The molecular weight excluding hydrogens is 328 g/mol. The van der Waals surface area contributed by atoms with Gasteiger partial charge in [0.25, 0.3) is 0 Å². The highest BCUT2D eigenvalue weighted by atomic mass is 16.5. The quantitative estimate of drug-likeness (QED) is 0.412. The van der Waals surface area contributed by atoms with Crippen LogP contribution >= 0.6 is 0 Å². The lowest BCUT2D eigenvalue weighted by atomic mass is 10.1. The second-order valence-electron chi connectivity index (χ2n) is 5.76. The van der Waals surface area contributed by atoms with Crippen molar-refractivity contribution < 1.29 is 9.47 Å². The number of guanidine groups is 1. The summed E-state index contributed by atoms with van der Waals surface area (Å²) in [6.07, 6.45) is 6.67. The maximum Gasteiger partial charge on any atom is 0.191 e. The van der Waals surface area contributed by atoms with Gasteiger partial charge in [-0.15, -0.1) is 6.58 Å². The van der Waals surface area contributed by atoms with Crippen molar-refractivity contribution in [2.45, 2.75) is 19.5 Å². The summed E-state index contributed by atoms with van der Waals surface area (Å²) in [7, 11) is 5.07. The molecule has 2 aromatic rings. The van der Waals surface area contributed by atoms with Gasteiger partial charge in [-0.3, -0.25) is 4.99 Å². The number of benzene rings is 1. The molecule has 6 heteroatoms. The first kappa shape index (κ1) is 19.4. The Bertz CT molecular complexity index is 724. The average molecular weight is 356 g/mol. The highest BCUT2D eigenvalue weighted by molar-refractivity contribution is 5.79. The molecule has 140 valence electrons. The summed E-state index contributed by atoms with van der Waals surface area (Å²) in [4.78, 5) is 4.27. The maximum atomic E-state index is 5.48. The number of rotatable bonds is 9. The monoisotopic (exact) mass is 356 g/mol. The van der Waals surface area contributed by atoms with Gasteiger partial charge < -0.3 is 24.7 Å². The first-order valence-corrected chi connectivity index (χ1v) is 8.61. The normalized spacial score (nSPS) is 11.1. The van der Waals surface area contributed by atoms with Crippen LogP contribution in [-0.2, 0) is 19.5 Å². The highest BCUT2D eigenvalue weighted by Gasteiger charge is 2.12. The van der Waals surface area contributed by atoms with Crippen molar-refractivity contribution >= 4 is 5.96 Å². The second-order valence-corrected chi connectivity index (χ2v) is 5.76. The van der Waals surface area contributed by atoms with Gasteiger partial charge in [-0.25, -0.2) is 0 Å². The van der Waals surface area contributed by atoms with E-state index in [1.54, 1.807) is 21.3 Å². The zero-order chi connectivity index (χ0) is 18.8. The molecule has 0 saturated carbocycles. The third kappa shape index (κ3) is 5.31. The van der Waals surface area contributed by atoms with Crippen LogP contribution in [0.4, 0.5) is 0 Å². The van der Waals surface area contributed by atoms with E-state index >= 15 is 0 Å². The number of aliphatic imine (C=N–C) groups is 1. The molecule has 0 spiro atoms. The Morgan fingerprint density at radius 3 is 2.58 bits per heavy atom. The van der Waals surface area contributed by atoms with Crippen LogP contribution in [0.3, 0.4) is 0 Å². The minimum absolute atomic E-state index is 0.633. The van der Waals surface area contributed by atoms with Crippen LogP contribution in [0.1, 0.15) is 11.1 Å². The largest absolute Gasteiger partial charge is 0.493 e. The number of allylic oxidation sites excluding steroid dienone is 1. The number of hydrogen-bond acceptors (Lipinski definition) is 3. The van der Waals surface area contributed by atoms with E-state index in [1.807, 2.05) is 36.7 Å². The van der Waals surface area contributed by atoms with Gasteiger partial charge in [0, 0.05) is 44.6 Å². The van der Waals surface area contributed by atoms with E-state index in [0.717, 1.165) is 48.1 Å². The SMILES string of the molecule is C=CCc1cc(CNC(=NC)NCCn2cccc2)cc(OC)c1OC. The zero-order valence-corrected chi connectivity index (χ0v) is 15.8. The van der Waals surface area contributed by atoms with Crippen LogP contribution in [-0.4, -0.2) is 38.3 Å². The highest BCUT2D eigenvalue weighted by Crippen LogP contribution is 2.33. The fourth-order valence-corrected chi connectivity index (χ4v) is 2.74. The third-order valence-corrected chi connectivity index (χ3v) is 3.99. The van der Waals surface area contributed by atoms with Gasteiger partial charge in [-0.1, -0.05) is 6.08 Å². The van der Waals surface area contributed by atoms with Gasteiger partial charge in [0.1, 0.15) is 0 Å². The Kier molecular flexibility index (Phi) is 7.61. The zero-order valence-electron chi connectivity index (χ0n) is 15.8. The molecular formula is C20H28N4O2. The van der Waals surface area contributed by atoms with Crippen molar-refractivity contribution in [1.29, 1.82) is 0 Å². The second kappa shape index (κ2) is 10.2. The molecule has 1 aromatic heterocycles. The summed E-state index contributed by atoms with van der Waals surface area (Å²) in [5, 5.41) is 6.65. The summed E-state index contributed by atoms with van der Waals surface area (Å²) in [6.45, 7) is 6.12. The smallest absolute Gasteiger partial charge is 0.191 e. The molecule has 6 nitrogen and oxygen atoms in total. The first-order valence-electron chi connectivity index (χ1n) is 8.61. The molecule has 0 fully saturated rings. The topological polar surface area (TPSA) is 59.8 Å². The molecule has 2 rings (SSSR count). The molecule has 0 saturated heterocycles. The average Bonchev–Trinajstić information content (AvgIpc) is 3.17. The lowest BCUT2D eigenvalue weighted by Gasteiger charge is -2.16. The van der Waals surface area contributed by atoms with Crippen LogP contribution in [0.2, 0.25) is 0 Å². The molecule has 1 heterocycles. The molecule has 0 atom stereocenters. The van der Waals surface area contributed by atoms with Crippen LogP contribution < -0.4 is 20.1 Å². The first-order chi connectivity index (χ1) is 12.7. The van der Waals surface area contributed by atoms with E-state index in [0.29, 0.717) is 6.54 Å². The van der Waals surface area contributed by atoms with Crippen LogP contribution in [0, 0.1) is 0 Å². The molecule has 0 radical (unpaired) electrons. The summed E-state index contributed by atoms with van der Waals surface area (Å²) in [6, 6.07) is 8.12. The molecule has 0 aliphatic heterocycles. The van der Waals surface area contributed by atoms with Crippen molar-refractivity contribution in [3.8, 4) is 11.5 Å². The van der Waals surface area contributed by atoms with Gasteiger partial charge in [-0.2, -0.15) is 0 Å². The summed E-state index contributed by atoms with van der Waals surface area (Å²) in [5.74, 6) is 2.24. The van der Waals surface area contributed by atoms with Crippen LogP contribution in [0.15, 0.2) is 54.3 Å². The van der Waals surface area contributed by atoms with E-state index in [2.05, 4.69) is 32.8 Å². The van der Waals surface area contributed by atoms with E-state index in [1.165, 1.54) is 0 Å². The Morgan fingerprint density at radius 2 is 1.96 bits per heavy atom. The van der Waals surface area contributed by atoms with Gasteiger partial charge in [-0.05, 0) is 36.2 Å². The van der Waals surface area contributed by atoms with Crippen molar-refractivity contribution in [3.63, 3.8) is 0 Å². The molecule has 0 unspecified atom stereocenters. The van der Waals surface area contributed by atoms with Crippen molar-refractivity contribution in [3.05, 3.63) is 60.4 Å².